The summed E-state index contributed by atoms with van der Waals surface area (Å²) in [5, 5.41) is 0. The smallest absolute Gasteiger partial charge is 0.197 e. The molecule has 1 unspecified atom stereocenters. The fraction of sp³-hybridized carbons (Fsp3) is 0. The largest absolute Gasteiger partial charge is 0.197 e. The minimum atomic E-state index is 0. The molecule has 0 saturated carbocycles. The average Bonchev–Trinajstić information content (AvgIpc) is 1.00. The fourth-order valence-electron chi connectivity index (χ4n) is 0. The van der Waals surface area contributed by atoms with Crippen LogP contribution < -0.4 is 0 Å². The molecule has 31 valence electrons. The summed E-state index contributed by atoms with van der Waals surface area (Å²) < 4.78 is 7.83. The molecule has 0 spiro atoms. The van der Waals surface area contributed by atoms with Gasteiger partial charge in [0.15, 0.2) is 12.5 Å². The molecule has 0 amide bonds. The quantitative estimate of drug-likeness (QED) is 0.569. The summed E-state index contributed by atoms with van der Waals surface area (Å²) in [6.07, 6.45) is 0. The van der Waals surface area contributed by atoms with Crippen molar-refractivity contribution in [3.8, 4) is 0 Å². The van der Waals surface area contributed by atoms with Gasteiger partial charge in [0.2, 0.25) is 0 Å². The van der Waals surface area contributed by atoms with Gasteiger partial charge >= 0.3 is 0 Å². The van der Waals surface area contributed by atoms with Crippen molar-refractivity contribution in [3.05, 3.63) is 0 Å². The Kier molecular flexibility index (Phi) is 142. The van der Waals surface area contributed by atoms with E-state index in [0.717, 1.165) is 0 Å². The van der Waals surface area contributed by atoms with Crippen LogP contribution in [0.25, 0.3) is 0 Å². The molecule has 0 N–H and O–H groups in total. The summed E-state index contributed by atoms with van der Waals surface area (Å²) in [5.41, 5.74) is 0. The average molecular weight is 328 g/mol. The van der Waals surface area contributed by atoms with Crippen LogP contribution in [-0.2, 0) is 45.2 Å². The maximum absolute atomic E-state index is 7.83. The molecular weight excluding hydrogens is 325 g/mol. The Hall–Kier alpha value is 2.88. The Labute approximate surface area is 97.1 Å². The van der Waals surface area contributed by atoms with Crippen molar-refractivity contribution in [2.75, 3.05) is 0 Å². The monoisotopic (exact) mass is 329 g/mol. The van der Waals surface area contributed by atoms with Crippen molar-refractivity contribution in [1.82, 2.24) is 0 Å². The molecule has 1 nitrogen and oxygen atoms in total. The van der Waals surface area contributed by atoms with Gasteiger partial charge in [-0.05, 0) is 0 Å². The first-order valence-corrected chi connectivity index (χ1v) is 0.500. The molecule has 5 heavy (non-hydrogen) atoms. The first-order chi connectivity index (χ1) is 1.00. The molecule has 0 aromatic carbocycles. The Morgan fingerprint density at radius 3 is 1.20 bits per heavy atom. The normalized spacial score (nSPS) is 0.800. The molecule has 0 aliphatic rings. The van der Waals surface area contributed by atoms with E-state index in [4.69, 9.17) is 4.21 Å². The van der Waals surface area contributed by atoms with E-state index in [9.17, 15) is 0 Å². The van der Waals surface area contributed by atoms with E-state index in [0.29, 0.717) is 0 Å². The van der Waals surface area contributed by atoms with E-state index in [1.165, 1.54) is 0 Å². The van der Waals surface area contributed by atoms with Gasteiger partial charge in [-0.25, -0.2) is 0 Å². The standard InChI is InChI=1S/Gd.OS.H3P.Y/c;1-2;;/h;;1H3;. The third-order valence-electron chi connectivity index (χ3n) is 0. The van der Waals surface area contributed by atoms with E-state index >= 15 is 0 Å². The summed E-state index contributed by atoms with van der Waals surface area (Å²) in [4.78, 5) is 0. The number of rotatable bonds is 0. The van der Waals surface area contributed by atoms with E-state index in [-0.39, 0.29) is 82.5 Å². The van der Waals surface area contributed by atoms with Crippen LogP contribution >= 0.6 is 9.90 Å². The van der Waals surface area contributed by atoms with Crippen molar-refractivity contribution in [3.63, 3.8) is 0 Å². The van der Waals surface area contributed by atoms with Gasteiger partial charge in [-0.1, -0.05) is 0 Å². The van der Waals surface area contributed by atoms with Crippen LogP contribution in [0.4, 0.5) is 0 Å². The molecule has 0 aromatic heterocycles. The van der Waals surface area contributed by atoms with Gasteiger partial charge in [0.05, 0.1) is 0 Å². The van der Waals surface area contributed by atoms with Gasteiger partial charge in [0.25, 0.3) is 0 Å². The molecule has 0 aromatic rings. The maximum atomic E-state index is 7.83. The predicted octanol–water partition coefficient (Wildman–Crippen LogP) is -0.281. The van der Waals surface area contributed by atoms with Gasteiger partial charge in [-0.15, -0.1) is 0 Å². The topological polar surface area (TPSA) is 17.1 Å². The Balaban J connectivity index is -0.00000000167. The Bertz CT molecular complexity index is 11.6. The van der Waals surface area contributed by atoms with Gasteiger partial charge in [0.1, 0.15) is 0 Å². The van der Waals surface area contributed by atoms with E-state index < -0.39 is 0 Å². The Morgan fingerprint density at radius 2 is 1.20 bits per heavy atom. The molecule has 0 rings (SSSR count). The molecule has 1 radical (unpaired) electrons. The molecule has 1 atom stereocenters. The zero-order valence-corrected chi connectivity index (χ0v) is 9.79. The molecule has 0 heterocycles. The SMILES string of the molecule is O=S.P.[Gd].[Y]. The summed E-state index contributed by atoms with van der Waals surface area (Å²) in [6, 6.07) is 0. The molecule has 0 aliphatic carbocycles. The maximum Gasteiger partial charge on any atom is 0.197 e. The Morgan fingerprint density at radius 1 is 1.20 bits per heavy atom. The minimum absolute atomic E-state index is 0. The van der Waals surface area contributed by atoms with Crippen LogP contribution in [0.1, 0.15) is 0 Å². The molecular formula is H3GdOPSY. The fourth-order valence-corrected chi connectivity index (χ4v) is 0. The van der Waals surface area contributed by atoms with E-state index in [1.807, 2.05) is 0 Å². The second kappa shape index (κ2) is 28.7. The summed E-state index contributed by atoms with van der Waals surface area (Å²) >= 11 is 2.83. The van der Waals surface area contributed by atoms with Crippen LogP contribution in [0.3, 0.4) is 0 Å². The van der Waals surface area contributed by atoms with Crippen molar-refractivity contribution in [1.29, 1.82) is 0 Å². The van der Waals surface area contributed by atoms with Crippen molar-refractivity contribution in [2.24, 2.45) is 0 Å². The first-order valence-electron chi connectivity index (χ1n) is 0.167. The van der Waals surface area contributed by atoms with Crippen LogP contribution in [0.2, 0.25) is 0 Å². The van der Waals surface area contributed by atoms with Crippen molar-refractivity contribution < 1.29 is 76.9 Å². The second-order valence-corrected chi connectivity index (χ2v) is 0. The summed E-state index contributed by atoms with van der Waals surface area (Å²) in [5.74, 6) is 0. The van der Waals surface area contributed by atoms with E-state index in [1.54, 1.807) is 0 Å². The van der Waals surface area contributed by atoms with Crippen molar-refractivity contribution >= 4 is 22.4 Å². The van der Waals surface area contributed by atoms with Crippen LogP contribution in [0, 0.1) is 39.9 Å². The van der Waals surface area contributed by atoms with Gasteiger partial charge < -0.3 is 0 Å². The zero-order chi connectivity index (χ0) is 2.00. The van der Waals surface area contributed by atoms with Crippen LogP contribution in [-0.4, -0.2) is 4.21 Å². The predicted molar refractivity (Wildman–Crippen MR) is 19.2 cm³/mol. The molecule has 5 heteroatoms. The van der Waals surface area contributed by atoms with Gasteiger partial charge in [-0.2, -0.15) is 14.1 Å². The second-order valence-electron chi connectivity index (χ2n) is 0. The van der Waals surface area contributed by atoms with Gasteiger partial charge in [-0.3, -0.25) is 0 Å². The zero-order valence-electron chi connectivity index (χ0n) is 2.45. The van der Waals surface area contributed by atoms with E-state index in [2.05, 4.69) is 12.5 Å². The van der Waals surface area contributed by atoms with Crippen LogP contribution in [0.5, 0.6) is 0 Å². The third-order valence-corrected chi connectivity index (χ3v) is 0. The number of hydrogen-bond acceptors (Lipinski definition) is 2. The first kappa shape index (κ1) is 24.8. The summed E-state index contributed by atoms with van der Waals surface area (Å²) in [7, 11) is 0. The van der Waals surface area contributed by atoms with Crippen LogP contribution in [0.15, 0.2) is 0 Å². The number of hydrogen-bond donors (Lipinski definition) is 0. The molecule has 0 saturated heterocycles. The van der Waals surface area contributed by atoms with Crippen molar-refractivity contribution in [2.45, 2.75) is 0 Å². The molecule has 0 aliphatic heterocycles. The molecule has 0 fully saturated rings. The van der Waals surface area contributed by atoms with Gasteiger partial charge in [0, 0.05) is 72.6 Å². The summed E-state index contributed by atoms with van der Waals surface area (Å²) in [6.45, 7) is 0. The minimum Gasteiger partial charge on any atom is -0.197 e. The third kappa shape index (κ3) is 19.8. The molecule has 0 bridgehead atoms.